The zero-order valence-electron chi connectivity index (χ0n) is 16.3. The molecule has 0 spiro atoms. The summed E-state index contributed by atoms with van der Waals surface area (Å²) < 4.78 is 40.8. The fourth-order valence-corrected chi connectivity index (χ4v) is 5.82. The predicted octanol–water partition coefficient (Wildman–Crippen LogP) is 3.80. The van der Waals surface area contributed by atoms with Gasteiger partial charge in [0.05, 0.1) is 16.3 Å². The maximum Gasteiger partial charge on any atom is 0.243 e. The average molecular weight is 404 g/mol. The van der Waals surface area contributed by atoms with Crippen molar-refractivity contribution in [1.29, 1.82) is 0 Å². The van der Waals surface area contributed by atoms with Crippen LogP contribution in [0.2, 0.25) is 0 Å². The Morgan fingerprint density at radius 2 is 1.79 bits per heavy atom. The van der Waals surface area contributed by atoms with Crippen LogP contribution in [0.3, 0.4) is 0 Å². The summed E-state index contributed by atoms with van der Waals surface area (Å²) in [6.45, 7) is 6.20. The molecule has 0 bridgehead atoms. The maximum atomic E-state index is 13.3. The number of benzene rings is 2. The first-order chi connectivity index (χ1) is 13.5. The van der Waals surface area contributed by atoms with Gasteiger partial charge in [-0.2, -0.15) is 4.31 Å². The molecule has 2 aromatic carbocycles. The minimum absolute atomic E-state index is 0.228. The molecule has 2 aliphatic rings. The van der Waals surface area contributed by atoms with Crippen LogP contribution in [0.5, 0.6) is 0 Å². The van der Waals surface area contributed by atoms with E-state index in [2.05, 4.69) is 9.80 Å². The van der Waals surface area contributed by atoms with E-state index < -0.39 is 10.0 Å². The van der Waals surface area contributed by atoms with Crippen LogP contribution >= 0.6 is 0 Å². The quantitative estimate of drug-likeness (QED) is 0.736. The smallest absolute Gasteiger partial charge is 0.243 e. The van der Waals surface area contributed by atoms with E-state index in [1.165, 1.54) is 16.4 Å². The van der Waals surface area contributed by atoms with Gasteiger partial charge in [0.15, 0.2) is 0 Å². The summed E-state index contributed by atoms with van der Waals surface area (Å²) in [5.41, 5.74) is 3.04. The largest absolute Gasteiger partial charge is 0.349 e. The number of fused-ring (bicyclic) bond motifs is 3. The van der Waals surface area contributed by atoms with Crippen molar-refractivity contribution in [2.75, 3.05) is 29.4 Å². The van der Waals surface area contributed by atoms with Crippen LogP contribution in [0.1, 0.15) is 32.3 Å². The molecule has 0 aliphatic carbocycles. The minimum Gasteiger partial charge on any atom is -0.349 e. The molecule has 7 heteroatoms. The van der Waals surface area contributed by atoms with Crippen molar-refractivity contribution >= 4 is 21.4 Å². The highest BCUT2D eigenvalue weighted by atomic mass is 32.2. The Bertz CT molecular complexity index is 958. The topological polar surface area (TPSA) is 43.9 Å². The first-order valence-electron chi connectivity index (χ1n) is 9.87. The summed E-state index contributed by atoms with van der Waals surface area (Å²) in [6.07, 6.45) is 2.38. The van der Waals surface area contributed by atoms with Crippen molar-refractivity contribution in [2.24, 2.45) is 0 Å². The van der Waals surface area contributed by atoms with Crippen molar-refractivity contribution in [1.82, 2.24) is 4.31 Å². The number of halogens is 1. The van der Waals surface area contributed by atoms with Gasteiger partial charge in [-0.25, -0.2) is 12.8 Å². The van der Waals surface area contributed by atoms with Gasteiger partial charge in [-0.1, -0.05) is 26.0 Å². The van der Waals surface area contributed by atoms with Gasteiger partial charge < -0.3 is 9.80 Å². The van der Waals surface area contributed by atoms with Crippen LogP contribution in [-0.4, -0.2) is 38.5 Å². The Balaban J connectivity index is 1.73. The molecular formula is C21H26FN3O2S. The van der Waals surface area contributed by atoms with Crippen molar-refractivity contribution in [3.63, 3.8) is 0 Å². The van der Waals surface area contributed by atoms with E-state index in [4.69, 9.17) is 0 Å². The number of sulfonamides is 1. The maximum absolute atomic E-state index is 13.3. The second kappa shape index (κ2) is 7.37. The third kappa shape index (κ3) is 3.16. The van der Waals surface area contributed by atoms with E-state index in [0.29, 0.717) is 24.5 Å². The lowest BCUT2D eigenvalue weighted by molar-refractivity contribution is 0.445. The Kier molecular flexibility index (Phi) is 5.05. The van der Waals surface area contributed by atoms with Crippen LogP contribution in [0.25, 0.3) is 0 Å². The summed E-state index contributed by atoms with van der Waals surface area (Å²) in [7, 11) is -3.51. The Morgan fingerprint density at radius 1 is 1.07 bits per heavy atom. The Morgan fingerprint density at radius 3 is 2.46 bits per heavy atom. The average Bonchev–Trinajstić information content (AvgIpc) is 3.26. The number of nitrogens with zero attached hydrogens (tertiary/aromatic N) is 3. The van der Waals surface area contributed by atoms with Crippen LogP contribution in [0, 0.1) is 5.82 Å². The minimum atomic E-state index is -3.51. The Hall–Kier alpha value is -2.12. The molecule has 0 saturated carbocycles. The molecule has 2 aromatic rings. The second-order valence-corrected chi connectivity index (χ2v) is 9.25. The first kappa shape index (κ1) is 19.2. The van der Waals surface area contributed by atoms with Crippen molar-refractivity contribution in [3.8, 4) is 0 Å². The number of hydrogen-bond donors (Lipinski definition) is 0. The van der Waals surface area contributed by atoms with Gasteiger partial charge >= 0.3 is 0 Å². The van der Waals surface area contributed by atoms with Gasteiger partial charge in [-0.05, 0) is 48.7 Å². The molecule has 1 atom stereocenters. The lowest BCUT2D eigenvalue weighted by atomic mass is 10.1. The van der Waals surface area contributed by atoms with E-state index in [1.54, 1.807) is 18.2 Å². The molecule has 2 aliphatic heterocycles. The van der Waals surface area contributed by atoms with Gasteiger partial charge in [0.1, 0.15) is 12.0 Å². The summed E-state index contributed by atoms with van der Waals surface area (Å²) in [4.78, 5) is 4.95. The summed E-state index contributed by atoms with van der Waals surface area (Å²) >= 11 is 0. The van der Waals surface area contributed by atoms with E-state index in [0.717, 1.165) is 36.3 Å². The third-order valence-corrected chi connectivity index (χ3v) is 7.80. The lowest BCUT2D eigenvalue weighted by Gasteiger charge is -2.27. The molecule has 4 rings (SSSR count). The fraction of sp³-hybridized carbons (Fsp3) is 0.429. The molecular weight excluding hydrogens is 377 g/mol. The molecule has 0 N–H and O–H groups in total. The van der Waals surface area contributed by atoms with Gasteiger partial charge in [0, 0.05) is 26.2 Å². The zero-order valence-corrected chi connectivity index (χ0v) is 17.1. The van der Waals surface area contributed by atoms with Crippen LogP contribution in [0.15, 0.2) is 47.4 Å². The Labute approximate surface area is 166 Å². The fourth-order valence-electron chi connectivity index (χ4n) is 4.34. The molecule has 0 radical (unpaired) electrons. The van der Waals surface area contributed by atoms with E-state index >= 15 is 0 Å². The van der Waals surface area contributed by atoms with Gasteiger partial charge in [0.2, 0.25) is 10.0 Å². The molecule has 2 heterocycles. The normalized spacial score (nSPS) is 18.6. The molecule has 1 fully saturated rings. The standard InChI is InChI=1S/C21H26FN3O2S/c1-3-23(4-2)28(26,27)18-11-12-19-20(14-18)25(21-6-5-13-24(19)21)15-16-7-9-17(22)10-8-16/h7-12,14,21H,3-6,13,15H2,1-2H3/t21-/m0/s1. The molecule has 0 unspecified atom stereocenters. The SMILES string of the molecule is CCN(CC)S(=O)(=O)c1ccc2c(c1)N(Cc1ccc(F)cc1)[C@H]1CCCN21. The zero-order chi connectivity index (χ0) is 19.9. The molecule has 0 aromatic heterocycles. The van der Waals surface area contributed by atoms with Crippen LogP contribution < -0.4 is 9.80 Å². The van der Waals surface area contributed by atoms with Crippen molar-refractivity contribution in [3.05, 3.63) is 53.8 Å². The molecule has 5 nitrogen and oxygen atoms in total. The molecule has 1 saturated heterocycles. The van der Waals surface area contributed by atoms with E-state index in [-0.39, 0.29) is 12.0 Å². The lowest BCUT2D eigenvalue weighted by Crippen LogP contribution is -2.38. The van der Waals surface area contributed by atoms with Crippen molar-refractivity contribution in [2.45, 2.75) is 44.3 Å². The monoisotopic (exact) mass is 403 g/mol. The van der Waals surface area contributed by atoms with Crippen LogP contribution in [-0.2, 0) is 16.6 Å². The summed E-state index contributed by atoms with van der Waals surface area (Å²) in [6, 6.07) is 12.0. The number of anilines is 2. The molecule has 0 amide bonds. The van der Waals surface area contributed by atoms with Gasteiger partial charge in [-0.15, -0.1) is 0 Å². The first-order valence-corrected chi connectivity index (χ1v) is 11.3. The van der Waals surface area contributed by atoms with Crippen LogP contribution in [0.4, 0.5) is 15.8 Å². The highest BCUT2D eigenvalue weighted by Crippen LogP contribution is 2.45. The third-order valence-electron chi connectivity index (χ3n) is 5.76. The summed E-state index contributed by atoms with van der Waals surface area (Å²) in [5, 5.41) is 0. The molecule has 28 heavy (non-hydrogen) atoms. The highest BCUT2D eigenvalue weighted by Gasteiger charge is 2.39. The number of hydrogen-bond acceptors (Lipinski definition) is 4. The van der Waals surface area contributed by atoms with E-state index in [1.807, 2.05) is 26.0 Å². The highest BCUT2D eigenvalue weighted by molar-refractivity contribution is 7.89. The number of rotatable bonds is 6. The van der Waals surface area contributed by atoms with Gasteiger partial charge in [0.25, 0.3) is 0 Å². The van der Waals surface area contributed by atoms with E-state index in [9.17, 15) is 12.8 Å². The van der Waals surface area contributed by atoms with Gasteiger partial charge in [-0.3, -0.25) is 0 Å². The predicted molar refractivity (Wildman–Crippen MR) is 109 cm³/mol. The second-order valence-electron chi connectivity index (χ2n) is 7.31. The molecule has 150 valence electrons. The summed E-state index contributed by atoms with van der Waals surface area (Å²) in [5.74, 6) is -0.249. The van der Waals surface area contributed by atoms with Crippen molar-refractivity contribution < 1.29 is 12.8 Å².